The molecule has 0 atom stereocenters. The van der Waals surface area contributed by atoms with Crippen molar-refractivity contribution in [3.05, 3.63) is 53.6 Å². The van der Waals surface area contributed by atoms with E-state index in [1.54, 1.807) is 30.3 Å². The molecule has 1 N–H and O–H groups in total. The van der Waals surface area contributed by atoms with Crippen LogP contribution in [-0.4, -0.2) is 19.2 Å². The van der Waals surface area contributed by atoms with Gasteiger partial charge < -0.3 is 9.64 Å². The molecule has 0 spiro atoms. The van der Waals surface area contributed by atoms with E-state index in [0.29, 0.717) is 16.5 Å². The molecule has 1 amide bonds. The minimum atomic E-state index is -0.565. The summed E-state index contributed by atoms with van der Waals surface area (Å²) in [6.45, 7) is 5.96. The first-order valence-corrected chi connectivity index (χ1v) is 7.60. The Bertz CT molecular complexity index is 642. The van der Waals surface area contributed by atoms with Crippen molar-refractivity contribution >= 4 is 29.1 Å². The van der Waals surface area contributed by atoms with Crippen molar-refractivity contribution in [2.24, 2.45) is 0 Å². The Kier molecular flexibility index (Phi) is 5.67. The summed E-state index contributed by atoms with van der Waals surface area (Å²) in [5, 5.41) is 3.10. The third kappa shape index (κ3) is 4.15. The van der Waals surface area contributed by atoms with E-state index in [-0.39, 0.29) is 0 Å². The van der Waals surface area contributed by atoms with Gasteiger partial charge in [0.1, 0.15) is 5.75 Å². The van der Waals surface area contributed by atoms with Gasteiger partial charge in [-0.25, -0.2) is 4.79 Å². The Balaban J connectivity index is 2.06. The van der Waals surface area contributed by atoms with Crippen LogP contribution in [0.5, 0.6) is 5.75 Å². The summed E-state index contributed by atoms with van der Waals surface area (Å²) in [5.41, 5.74) is 1.54. The summed E-state index contributed by atoms with van der Waals surface area (Å²) >= 11 is 6.00. The Hall–Kier alpha value is -2.20. The minimum Gasteiger partial charge on any atom is -0.410 e. The molecule has 0 radical (unpaired) electrons. The van der Waals surface area contributed by atoms with Crippen LogP contribution in [0.15, 0.2) is 48.5 Å². The molecule has 116 valence electrons. The van der Waals surface area contributed by atoms with Gasteiger partial charge >= 0.3 is 6.09 Å². The average molecular weight is 319 g/mol. The van der Waals surface area contributed by atoms with Crippen LogP contribution < -0.4 is 15.0 Å². The van der Waals surface area contributed by atoms with Crippen LogP contribution in [0.2, 0.25) is 5.02 Å². The number of hydrogen-bond acceptors (Lipinski definition) is 3. The van der Waals surface area contributed by atoms with Crippen molar-refractivity contribution in [3.63, 3.8) is 0 Å². The lowest BCUT2D eigenvalue weighted by Crippen LogP contribution is -2.22. The predicted molar refractivity (Wildman–Crippen MR) is 91.1 cm³/mol. The molecular weight excluding hydrogens is 300 g/mol. The van der Waals surface area contributed by atoms with Crippen LogP contribution >= 0.6 is 11.6 Å². The monoisotopic (exact) mass is 318 g/mol. The van der Waals surface area contributed by atoms with Crippen molar-refractivity contribution in [1.29, 1.82) is 0 Å². The zero-order chi connectivity index (χ0) is 15.9. The largest absolute Gasteiger partial charge is 0.417 e. The van der Waals surface area contributed by atoms with Gasteiger partial charge in [0, 0.05) is 24.8 Å². The molecule has 4 nitrogen and oxygen atoms in total. The number of para-hydroxylation sites is 1. The van der Waals surface area contributed by atoms with Gasteiger partial charge in [0.2, 0.25) is 0 Å². The molecule has 0 aliphatic rings. The summed E-state index contributed by atoms with van der Waals surface area (Å²) in [5.74, 6) is 0.494. The molecule has 0 saturated carbocycles. The van der Waals surface area contributed by atoms with E-state index in [0.717, 1.165) is 18.8 Å². The molecule has 0 aliphatic carbocycles. The number of ether oxygens (including phenoxy) is 1. The Labute approximate surface area is 135 Å². The molecule has 0 aromatic heterocycles. The first kappa shape index (κ1) is 16.2. The maximum absolute atomic E-state index is 11.9. The van der Waals surface area contributed by atoms with E-state index in [2.05, 4.69) is 24.1 Å². The van der Waals surface area contributed by atoms with Crippen LogP contribution in [0.3, 0.4) is 0 Å². The first-order chi connectivity index (χ1) is 10.6. The molecule has 0 saturated heterocycles. The van der Waals surface area contributed by atoms with Gasteiger partial charge in [0.05, 0.1) is 10.7 Å². The molecule has 0 heterocycles. The second-order valence-corrected chi connectivity index (χ2v) is 5.07. The lowest BCUT2D eigenvalue weighted by Gasteiger charge is -2.21. The third-order valence-electron chi connectivity index (χ3n) is 3.27. The van der Waals surface area contributed by atoms with Crippen LogP contribution in [0, 0.1) is 0 Å². The fourth-order valence-corrected chi connectivity index (χ4v) is 2.32. The van der Waals surface area contributed by atoms with Gasteiger partial charge in [0.15, 0.2) is 0 Å². The summed E-state index contributed by atoms with van der Waals surface area (Å²) < 4.78 is 5.32. The van der Waals surface area contributed by atoms with Gasteiger partial charge in [-0.15, -0.1) is 0 Å². The standard InChI is InChI=1S/C17H19ClN2O2/c1-3-20(4-2)13-8-7-9-14(12-13)22-17(21)19-16-11-6-5-10-15(16)18/h5-12H,3-4H2,1-2H3,(H,19,21). The fraction of sp³-hybridized carbons (Fsp3) is 0.235. The van der Waals surface area contributed by atoms with E-state index in [1.807, 2.05) is 18.2 Å². The van der Waals surface area contributed by atoms with Crippen LogP contribution in [0.1, 0.15) is 13.8 Å². The van der Waals surface area contributed by atoms with Gasteiger partial charge in [-0.1, -0.05) is 29.8 Å². The smallest absolute Gasteiger partial charge is 0.410 e. The molecule has 0 fully saturated rings. The lowest BCUT2D eigenvalue weighted by molar-refractivity contribution is 0.215. The van der Waals surface area contributed by atoms with E-state index >= 15 is 0 Å². The average Bonchev–Trinajstić information content (AvgIpc) is 2.51. The fourth-order valence-electron chi connectivity index (χ4n) is 2.14. The van der Waals surface area contributed by atoms with E-state index < -0.39 is 6.09 Å². The van der Waals surface area contributed by atoms with E-state index in [1.165, 1.54) is 0 Å². The van der Waals surface area contributed by atoms with Crippen molar-refractivity contribution < 1.29 is 9.53 Å². The molecule has 22 heavy (non-hydrogen) atoms. The van der Waals surface area contributed by atoms with Crippen LogP contribution in [-0.2, 0) is 0 Å². The number of nitrogens with zero attached hydrogens (tertiary/aromatic N) is 1. The summed E-state index contributed by atoms with van der Waals surface area (Å²) in [4.78, 5) is 14.1. The van der Waals surface area contributed by atoms with Gasteiger partial charge in [-0.05, 0) is 38.1 Å². The highest BCUT2D eigenvalue weighted by Gasteiger charge is 2.09. The topological polar surface area (TPSA) is 41.6 Å². The van der Waals surface area contributed by atoms with Gasteiger partial charge in [-0.3, -0.25) is 5.32 Å². The van der Waals surface area contributed by atoms with Gasteiger partial charge in [-0.2, -0.15) is 0 Å². The zero-order valence-electron chi connectivity index (χ0n) is 12.7. The SMILES string of the molecule is CCN(CC)c1cccc(OC(=O)Nc2ccccc2Cl)c1. The number of anilines is 2. The number of rotatable bonds is 5. The first-order valence-electron chi connectivity index (χ1n) is 7.22. The molecule has 2 aromatic rings. The van der Waals surface area contributed by atoms with Crippen molar-refractivity contribution in [1.82, 2.24) is 0 Å². The van der Waals surface area contributed by atoms with Crippen LogP contribution in [0.25, 0.3) is 0 Å². The van der Waals surface area contributed by atoms with Crippen molar-refractivity contribution in [2.45, 2.75) is 13.8 Å². The second kappa shape index (κ2) is 7.71. The quantitative estimate of drug-likeness (QED) is 0.861. The zero-order valence-corrected chi connectivity index (χ0v) is 13.4. The molecule has 2 aromatic carbocycles. The van der Waals surface area contributed by atoms with Crippen molar-refractivity contribution in [2.75, 3.05) is 23.3 Å². The maximum atomic E-state index is 11.9. The lowest BCUT2D eigenvalue weighted by atomic mass is 10.2. The summed E-state index contributed by atoms with van der Waals surface area (Å²) in [7, 11) is 0. The Morgan fingerprint density at radius 3 is 2.55 bits per heavy atom. The molecular formula is C17H19ClN2O2. The van der Waals surface area contributed by atoms with Crippen molar-refractivity contribution in [3.8, 4) is 5.75 Å². The van der Waals surface area contributed by atoms with E-state index in [9.17, 15) is 4.79 Å². The molecule has 0 unspecified atom stereocenters. The second-order valence-electron chi connectivity index (χ2n) is 4.66. The maximum Gasteiger partial charge on any atom is 0.417 e. The number of carbonyl (C=O) groups excluding carboxylic acids is 1. The number of carbonyl (C=O) groups is 1. The van der Waals surface area contributed by atoms with Gasteiger partial charge in [0.25, 0.3) is 0 Å². The van der Waals surface area contributed by atoms with Crippen LogP contribution in [0.4, 0.5) is 16.2 Å². The number of nitrogens with one attached hydrogen (secondary N) is 1. The minimum absolute atomic E-state index is 0.469. The summed E-state index contributed by atoms with van der Waals surface area (Å²) in [6, 6.07) is 14.5. The third-order valence-corrected chi connectivity index (χ3v) is 3.60. The molecule has 5 heteroatoms. The van der Waals surface area contributed by atoms with E-state index in [4.69, 9.17) is 16.3 Å². The Morgan fingerprint density at radius 2 is 1.86 bits per heavy atom. The summed E-state index contributed by atoms with van der Waals surface area (Å²) in [6.07, 6.45) is -0.565. The molecule has 2 rings (SSSR count). The highest BCUT2D eigenvalue weighted by Crippen LogP contribution is 2.23. The highest BCUT2D eigenvalue weighted by atomic mass is 35.5. The highest BCUT2D eigenvalue weighted by molar-refractivity contribution is 6.33. The number of hydrogen-bond donors (Lipinski definition) is 1. The predicted octanol–water partition coefficient (Wildman–Crippen LogP) is 4.80. The molecule has 0 aliphatic heterocycles. The Morgan fingerprint density at radius 1 is 1.14 bits per heavy atom. The number of amides is 1. The molecule has 0 bridgehead atoms. The number of halogens is 1. The number of benzene rings is 2. The normalized spacial score (nSPS) is 10.1.